The highest BCUT2D eigenvalue weighted by Crippen LogP contribution is 2.31. The van der Waals surface area contributed by atoms with E-state index in [2.05, 4.69) is 10.3 Å². The van der Waals surface area contributed by atoms with E-state index in [1.54, 1.807) is 24.9 Å². The van der Waals surface area contributed by atoms with E-state index in [9.17, 15) is 0 Å². The molecule has 6 heteroatoms. The summed E-state index contributed by atoms with van der Waals surface area (Å²) >= 11 is 0. The second-order valence-corrected chi connectivity index (χ2v) is 3.43. The number of methoxy groups -OCH3 is 1. The van der Waals surface area contributed by atoms with Gasteiger partial charge in [0.25, 0.3) is 0 Å². The molecule has 0 fully saturated rings. The van der Waals surface area contributed by atoms with Crippen molar-refractivity contribution in [3.63, 3.8) is 0 Å². The van der Waals surface area contributed by atoms with Crippen LogP contribution >= 0.6 is 0 Å². The average Bonchev–Trinajstić information content (AvgIpc) is 2.82. The van der Waals surface area contributed by atoms with Crippen LogP contribution in [0.5, 0.6) is 5.88 Å². The first kappa shape index (κ1) is 10.7. The second kappa shape index (κ2) is 3.97. The van der Waals surface area contributed by atoms with E-state index >= 15 is 0 Å². The Balaban J connectivity index is 2.54. The Kier molecular flexibility index (Phi) is 2.66. The summed E-state index contributed by atoms with van der Waals surface area (Å²) in [7, 11) is 3.37. The number of rotatable bonds is 3. The molecule has 0 aliphatic carbocycles. The predicted molar refractivity (Wildman–Crippen MR) is 55.9 cm³/mol. The number of nitrogens with zero attached hydrogens (tertiary/aromatic N) is 3. The molecule has 0 atom stereocenters. The zero-order valence-corrected chi connectivity index (χ0v) is 9.39. The summed E-state index contributed by atoms with van der Waals surface area (Å²) in [6.45, 7) is 1.69. The first-order chi connectivity index (χ1) is 7.67. The molecule has 0 saturated heterocycles. The first-order valence-corrected chi connectivity index (χ1v) is 4.81. The van der Waals surface area contributed by atoms with Crippen LogP contribution in [-0.4, -0.2) is 27.2 Å². The van der Waals surface area contributed by atoms with E-state index in [-0.39, 0.29) is 6.61 Å². The van der Waals surface area contributed by atoms with Gasteiger partial charge in [0.15, 0.2) is 5.76 Å². The topological polar surface area (TPSA) is 73.3 Å². The summed E-state index contributed by atoms with van der Waals surface area (Å²) < 4.78 is 11.8. The summed E-state index contributed by atoms with van der Waals surface area (Å²) in [6.07, 6.45) is 0. The monoisotopic (exact) mass is 223 g/mol. The van der Waals surface area contributed by atoms with Crippen molar-refractivity contribution in [2.45, 2.75) is 13.5 Å². The minimum atomic E-state index is -0.172. The van der Waals surface area contributed by atoms with Gasteiger partial charge < -0.3 is 14.4 Å². The molecular formula is C10H13N3O3. The van der Waals surface area contributed by atoms with E-state index in [1.807, 2.05) is 6.92 Å². The minimum Gasteiger partial charge on any atom is -0.481 e. The summed E-state index contributed by atoms with van der Waals surface area (Å²) in [5, 5.41) is 17.0. The van der Waals surface area contributed by atoms with Gasteiger partial charge in [0.2, 0.25) is 5.88 Å². The molecule has 0 aliphatic rings. The van der Waals surface area contributed by atoms with Gasteiger partial charge in [-0.1, -0.05) is 5.16 Å². The van der Waals surface area contributed by atoms with Crippen molar-refractivity contribution in [2.75, 3.05) is 7.11 Å². The quantitative estimate of drug-likeness (QED) is 0.836. The molecule has 0 unspecified atom stereocenters. The maximum atomic E-state index is 8.91. The lowest BCUT2D eigenvalue weighted by Crippen LogP contribution is -1.95. The first-order valence-electron chi connectivity index (χ1n) is 4.81. The molecule has 1 N–H and O–H groups in total. The normalized spacial score (nSPS) is 10.8. The van der Waals surface area contributed by atoms with Gasteiger partial charge in [-0.05, 0) is 6.92 Å². The Bertz CT molecular complexity index is 501. The van der Waals surface area contributed by atoms with Gasteiger partial charge in [-0.3, -0.25) is 0 Å². The van der Waals surface area contributed by atoms with Crippen molar-refractivity contribution < 1.29 is 14.4 Å². The van der Waals surface area contributed by atoms with Crippen LogP contribution in [0.1, 0.15) is 11.5 Å². The predicted octanol–water partition coefficient (Wildman–Crippen LogP) is 0.884. The van der Waals surface area contributed by atoms with Gasteiger partial charge in [-0.25, -0.2) is 4.68 Å². The van der Waals surface area contributed by atoms with Gasteiger partial charge in [0.05, 0.1) is 18.4 Å². The van der Waals surface area contributed by atoms with E-state index in [0.29, 0.717) is 17.3 Å². The van der Waals surface area contributed by atoms with Crippen molar-refractivity contribution in [3.8, 4) is 17.1 Å². The number of hydrogen-bond acceptors (Lipinski definition) is 5. The van der Waals surface area contributed by atoms with Crippen molar-refractivity contribution in [3.05, 3.63) is 17.5 Å². The molecule has 2 rings (SSSR count). The lowest BCUT2D eigenvalue weighted by atomic mass is 10.2. The van der Waals surface area contributed by atoms with Crippen molar-refractivity contribution in [2.24, 2.45) is 7.05 Å². The Morgan fingerprint density at radius 2 is 2.31 bits per heavy atom. The second-order valence-electron chi connectivity index (χ2n) is 3.43. The molecule has 0 amide bonds. The zero-order valence-electron chi connectivity index (χ0n) is 9.39. The van der Waals surface area contributed by atoms with Crippen LogP contribution in [0.25, 0.3) is 11.3 Å². The third kappa shape index (κ3) is 1.57. The van der Waals surface area contributed by atoms with Gasteiger partial charge in [0, 0.05) is 13.1 Å². The fourth-order valence-electron chi connectivity index (χ4n) is 1.67. The molecule has 16 heavy (non-hydrogen) atoms. The van der Waals surface area contributed by atoms with Crippen LogP contribution in [0.4, 0.5) is 0 Å². The molecule has 2 aromatic heterocycles. The molecule has 0 spiro atoms. The average molecular weight is 223 g/mol. The van der Waals surface area contributed by atoms with Crippen molar-refractivity contribution in [1.82, 2.24) is 14.9 Å². The largest absolute Gasteiger partial charge is 0.481 e. The SMILES string of the molecule is COc1c(-c2cc(CO)on2)c(C)nn1C. The Morgan fingerprint density at radius 3 is 2.88 bits per heavy atom. The van der Waals surface area contributed by atoms with Crippen molar-refractivity contribution in [1.29, 1.82) is 0 Å². The highest BCUT2D eigenvalue weighted by molar-refractivity contribution is 5.67. The van der Waals surface area contributed by atoms with Crippen LogP contribution in [0, 0.1) is 6.92 Å². The molecule has 2 heterocycles. The van der Waals surface area contributed by atoms with Crippen LogP contribution in [0.3, 0.4) is 0 Å². The summed E-state index contributed by atoms with van der Waals surface area (Å²) in [4.78, 5) is 0. The van der Waals surface area contributed by atoms with Gasteiger partial charge in [-0.2, -0.15) is 5.10 Å². The number of ether oxygens (including phenoxy) is 1. The number of aliphatic hydroxyl groups is 1. The summed E-state index contributed by atoms with van der Waals surface area (Å²) in [5.74, 6) is 1.04. The standard InChI is InChI=1S/C10H13N3O3/c1-6-9(10(15-3)13(2)11-6)8-4-7(5-14)16-12-8/h4,14H,5H2,1-3H3. The number of aryl methyl sites for hydroxylation is 2. The van der Waals surface area contributed by atoms with Gasteiger partial charge in [0.1, 0.15) is 12.3 Å². The zero-order chi connectivity index (χ0) is 11.7. The fraction of sp³-hybridized carbons (Fsp3) is 0.400. The molecule has 86 valence electrons. The smallest absolute Gasteiger partial charge is 0.221 e. The van der Waals surface area contributed by atoms with Crippen LogP contribution in [-0.2, 0) is 13.7 Å². The molecule has 0 bridgehead atoms. The maximum Gasteiger partial charge on any atom is 0.221 e. The number of aliphatic hydroxyl groups excluding tert-OH is 1. The van der Waals surface area contributed by atoms with E-state index in [0.717, 1.165) is 11.3 Å². The molecule has 0 saturated carbocycles. The Labute approximate surface area is 92.4 Å². The molecule has 0 radical (unpaired) electrons. The van der Waals surface area contributed by atoms with E-state index < -0.39 is 0 Å². The maximum absolute atomic E-state index is 8.91. The lowest BCUT2D eigenvalue weighted by molar-refractivity contribution is 0.229. The van der Waals surface area contributed by atoms with Gasteiger partial charge in [-0.15, -0.1) is 0 Å². The Morgan fingerprint density at radius 1 is 1.56 bits per heavy atom. The van der Waals surface area contributed by atoms with Crippen LogP contribution in [0.2, 0.25) is 0 Å². The van der Waals surface area contributed by atoms with E-state index in [4.69, 9.17) is 14.4 Å². The summed E-state index contributed by atoms with van der Waals surface area (Å²) in [6, 6.07) is 1.67. The highest BCUT2D eigenvalue weighted by atomic mass is 16.5. The lowest BCUT2D eigenvalue weighted by Gasteiger charge is -2.01. The van der Waals surface area contributed by atoms with Gasteiger partial charge >= 0.3 is 0 Å². The molecule has 0 aliphatic heterocycles. The Hall–Kier alpha value is -1.82. The number of hydrogen-bond donors (Lipinski definition) is 1. The molecule has 0 aromatic carbocycles. The minimum absolute atomic E-state index is 0.172. The number of aromatic nitrogens is 3. The third-order valence-electron chi connectivity index (χ3n) is 2.33. The highest BCUT2D eigenvalue weighted by Gasteiger charge is 2.19. The fourth-order valence-corrected chi connectivity index (χ4v) is 1.67. The van der Waals surface area contributed by atoms with Crippen LogP contribution < -0.4 is 4.74 Å². The molecule has 6 nitrogen and oxygen atoms in total. The van der Waals surface area contributed by atoms with Crippen LogP contribution in [0.15, 0.2) is 10.6 Å². The third-order valence-corrected chi connectivity index (χ3v) is 2.33. The summed E-state index contributed by atoms with van der Waals surface area (Å²) in [5.41, 5.74) is 2.21. The van der Waals surface area contributed by atoms with Crippen molar-refractivity contribution >= 4 is 0 Å². The molecular weight excluding hydrogens is 210 g/mol. The van der Waals surface area contributed by atoms with E-state index in [1.165, 1.54) is 0 Å². The molecule has 2 aromatic rings.